The lowest BCUT2D eigenvalue weighted by atomic mass is 10.1. The van der Waals surface area contributed by atoms with E-state index in [2.05, 4.69) is 10.6 Å². The van der Waals surface area contributed by atoms with Crippen molar-refractivity contribution in [2.24, 2.45) is 0 Å². The minimum Gasteiger partial charge on any atom is -0.376 e. The van der Waals surface area contributed by atoms with Crippen LogP contribution in [0.1, 0.15) is 21.5 Å². The van der Waals surface area contributed by atoms with E-state index < -0.39 is 53.2 Å². The molecule has 0 saturated heterocycles. The zero-order valence-corrected chi connectivity index (χ0v) is 17.2. The molecule has 0 bridgehead atoms. The van der Waals surface area contributed by atoms with Crippen molar-refractivity contribution in [3.05, 3.63) is 89.5 Å². The molecule has 0 aliphatic carbocycles. The topological polar surface area (TPSA) is 70.2 Å². The van der Waals surface area contributed by atoms with Gasteiger partial charge in [-0.25, -0.2) is 0 Å². The Balaban J connectivity index is 1.73. The molecule has 0 aliphatic heterocycles. The second kappa shape index (κ2) is 9.86. The number of hydrogen-bond acceptors (Lipinski definition) is 3. The van der Waals surface area contributed by atoms with Gasteiger partial charge in [0.1, 0.15) is 0 Å². The van der Waals surface area contributed by atoms with E-state index in [1.165, 1.54) is 24.3 Å². The van der Waals surface area contributed by atoms with Crippen molar-refractivity contribution in [3.63, 3.8) is 0 Å². The second-order valence-electron chi connectivity index (χ2n) is 7.02. The fourth-order valence-corrected chi connectivity index (χ4v) is 3.01. The number of amides is 2. The van der Waals surface area contributed by atoms with Crippen LogP contribution in [-0.4, -0.2) is 18.4 Å². The third-order valence-corrected chi connectivity index (χ3v) is 4.56. The highest BCUT2D eigenvalue weighted by atomic mass is 19.4. The lowest BCUT2D eigenvalue weighted by Crippen LogP contribution is -2.24. The molecule has 3 N–H and O–H groups in total. The summed E-state index contributed by atoms with van der Waals surface area (Å²) in [6, 6.07) is 15.0. The van der Waals surface area contributed by atoms with Crippen LogP contribution in [0.5, 0.6) is 0 Å². The summed E-state index contributed by atoms with van der Waals surface area (Å²) in [5.41, 5.74) is -3.13. The van der Waals surface area contributed by atoms with E-state index in [1.807, 2.05) is 5.32 Å². The van der Waals surface area contributed by atoms with Crippen LogP contribution >= 0.6 is 0 Å². The van der Waals surface area contributed by atoms with Crippen molar-refractivity contribution in [3.8, 4) is 0 Å². The maximum atomic E-state index is 13.6. The number of alkyl halides is 6. The minimum atomic E-state index is -4.84. The van der Waals surface area contributed by atoms with E-state index in [4.69, 9.17) is 0 Å². The minimum absolute atomic E-state index is 0.129. The average molecular weight is 481 g/mol. The van der Waals surface area contributed by atoms with Gasteiger partial charge in [-0.2, -0.15) is 26.3 Å². The Labute approximate surface area is 189 Å². The van der Waals surface area contributed by atoms with Crippen molar-refractivity contribution < 1.29 is 35.9 Å². The van der Waals surface area contributed by atoms with Crippen LogP contribution in [0.4, 0.5) is 43.4 Å². The zero-order valence-electron chi connectivity index (χ0n) is 17.2. The Morgan fingerprint density at radius 3 is 1.94 bits per heavy atom. The Morgan fingerprint density at radius 1 is 0.676 bits per heavy atom. The van der Waals surface area contributed by atoms with Crippen LogP contribution in [0.2, 0.25) is 0 Å². The van der Waals surface area contributed by atoms with Gasteiger partial charge >= 0.3 is 12.4 Å². The van der Waals surface area contributed by atoms with Gasteiger partial charge in [0.15, 0.2) is 0 Å². The molecule has 0 saturated carbocycles. The maximum Gasteiger partial charge on any atom is 0.418 e. The smallest absolute Gasteiger partial charge is 0.376 e. The van der Waals surface area contributed by atoms with Crippen LogP contribution in [0.15, 0.2) is 72.8 Å². The second-order valence-corrected chi connectivity index (χ2v) is 7.02. The van der Waals surface area contributed by atoms with Gasteiger partial charge in [-0.15, -0.1) is 0 Å². The summed E-state index contributed by atoms with van der Waals surface area (Å²) in [5, 5.41) is 6.69. The lowest BCUT2D eigenvalue weighted by Gasteiger charge is -2.17. The standard InChI is InChI=1S/C23H17F6N3O2/c24-22(25,26)16-8-4-5-9-19(16)32-20(33)13-30-18-11-10-15(12-17(18)23(27,28)29)31-21(34)14-6-2-1-3-7-14/h1-12,30H,13H2,(H,31,34)(H,32,33). The SMILES string of the molecule is O=C(CNc1ccc(NC(=O)c2ccccc2)cc1C(F)(F)F)Nc1ccccc1C(F)(F)F. The third kappa shape index (κ3) is 6.27. The molecule has 2 amide bonds. The van der Waals surface area contributed by atoms with Crippen molar-refractivity contribution in [2.45, 2.75) is 12.4 Å². The predicted molar refractivity (Wildman–Crippen MR) is 114 cm³/mol. The highest BCUT2D eigenvalue weighted by Crippen LogP contribution is 2.37. The summed E-state index contributed by atoms with van der Waals surface area (Å²) in [7, 11) is 0. The monoisotopic (exact) mass is 481 g/mol. The average Bonchev–Trinajstić information content (AvgIpc) is 2.77. The molecule has 3 aromatic rings. The predicted octanol–water partition coefficient (Wildman–Crippen LogP) is 6.03. The van der Waals surface area contributed by atoms with Crippen LogP contribution in [0.3, 0.4) is 0 Å². The van der Waals surface area contributed by atoms with Crippen molar-refractivity contribution in [1.29, 1.82) is 0 Å². The van der Waals surface area contributed by atoms with Gasteiger partial charge in [-0.05, 0) is 42.5 Å². The fourth-order valence-electron chi connectivity index (χ4n) is 3.01. The van der Waals surface area contributed by atoms with Crippen LogP contribution in [0, 0.1) is 0 Å². The number of hydrogen-bond donors (Lipinski definition) is 3. The largest absolute Gasteiger partial charge is 0.418 e. The van der Waals surface area contributed by atoms with E-state index in [-0.39, 0.29) is 11.3 Å². The number of rotatable bonds is 6. The molecule has 0 atom stereocenters. The van der Waals surface area contributed by atoms with Gasteiger partial charge in [0.2, 0.25) is 5.91 Å². The van der Waals surface area contributed by atoms with Crippen LogP contribution in [0.25, 0.3) is 0 Å². The summed E-state index contributed by atoms with van der Waals surface area (Å²) < 4.78 is 79.8. The first-order valence-electron chi connectivity index (χ1n) is 9.73. The van der Waals surface area contributed by atoms with Crippen LogP contribution in [-0.2, 0) is 17.1 Å². The Bertz CT molecular complexity index is 1180. The molecule has 178 valence electrons. The van der Waals surface area contributed by atoms with E-state index in [9.17, 15) is 35.9 Å². The number of benzene rings is 3. The highest BCUT2D eigenvalue weighted by Gasteiger charge is 2.35. The highest BCUT2D eigenvalue weighted by molar-refractivity contribution is 6.04. The molecule has 0 unspecified atom stereocenters. The molecule has 0 aromatic heterocycles. The third-order valence-electron chi connectivity index (χ3n) is 4.56. The summed E-state index contributed by atoms with van der Waals surface area (Å²) in [4.78, 5) is 24.3. The molecule has 11 heteroatoms. The van der Waals surface area contributed by atoms with E-state index >= 15 is 0 Å². The first-order chi connectivity index (χ1) is 15.9. The van der Waals surface area contributed by atoms with E-state index in [0.717, 1.165) is 24.3 Å². The van der Waals surface area contributed by atoms with Crippen LogP contribution < -0.4 is 16.0 Å². The molecule has 5 nitrogen and oxygen atoms in total. The molecular weight excluding hydrogens is 464 g/mol. The van der Waals surface area contributed by atoms with Crippen molar-refractivity contribution in [2.75, 3.05) is 22.5 Å². The van der Waals surface area contributed by atoms with Crippen molar-refractivity contribution in [1.82, 2.24) is 0 Å². The molecule has 3 rings (SSSR count). The Morgan fingerprint density at radius 2 is 1.29 bits per heavy atom. The van der Waals surface area contributed by atoms with Gasteiger partial charge in [-0.1, -0.05) is 30.3 Å². The number of para-hydroxylation sites is 1. The van der Waals surface area contributed by atoms with Gasteiger partial charge in [0, 0.05) is 16.9 Å². The molecular formula is C23H17F6N3O2. The summed E-state index contributed by atoms with van der Waals surface area (Å²) in [5.74, 6) is -1.59. The molecule has 34 heavy (non-hydrogen) atoms. The lowest BCUT2D eigenvalue weighted by molar-refractivity contribution is -0.137. The molecule has 0 heterocycles. The quantitative estimate of drug-likeness (QED) is 0.377. The Hall–Kier alpha value is -4.02. The first kappa shape index (κ1) is 24.6. The first-order valence-corrected chi connectivity index (χ1v) is 9.73. The maximum absolute atomic E-state index is 13.6. The Kier molecular flexibility index (Phi) is 7.14. The summed E-state index contributed by atoms with van der Waals surface area (Å²) >= 11 is 0. The molecule has 0 fully saturated rings. The number of carbonyl (C=O) groups is 2. The fraction of sp³-hybridized carbons (Fsp3) is 0.130. The molecule has 3 aromatic carbocycles. The number of halogens is 6. The van der Waals surface area contributed by atoms with E-state index in [1.54, 1.807) is 18.2 Å². The van der Waals surface area contributed by atoms with Gasteiger partial charge in [-0.3, -0.25) is 9.59 Å². The molecule has 0 aliphatic rings. The van der Waals surface area contributed by atoms with Crippen molar-refractivity contribution >= 4 is 28.9 Å². The van der Waals surface area contributed by atoms with Gasteiger partial charge < -0.3 is 16.0 Å². The summed E-state index contributed by atoms with van der Waals surface area (Å²) in [6.07, 6.45) is -9.56. The normalized spacial score (nSPS) is 11.6. The summed E-state index contributed by atoms with van der Waals surface area (Å²) in [6.45, 7) is -0.731. The zero-order chi connectivity index (χ0) is 24.9. The number of nitrogens with one attached hydrogen (secondary N) is 3. The van der Waals surface area contributed by atoms with Gasteiger partial charge in [0.25, 0.3) is 5.91 Å². The number of anilines is 3. The number of carbonyl (C=O) groups excluding carboxylic acids is 2. The van der Waals surface area contributed by atoms with E-state index in [0.29, 0.717) is 6.07 Å². The molecule has 0 radical (unpaired) electrons. The van der Waals surface area contributed by atoms with Gasteiger partial charge in [0.05, 0.1) is 23.4 Å². The molecule has 0 spiro atoms.